The molecule has 1 fully saturated rings. The summed E-state index contributed by atoms with van der Waals surface area (Å²) >= 11 is 5.64. The van der Waals surface area contributed by atoms with Crippen molar-refractivity contribution in [1.82, 2.24) is 5.32 Å². The number of ether oxygens (including phenoxy) is 1. The molecule has 0 bridgehead atoms. The summed E-state index contributed by atoms with van der Waals surface area (Å²) in [6.45, 7) is 2.97. The highest BCUT2D eigenvalue weighted by Gasteiger charge is 2.28. The Hall–Kier alpha value is -0.880. The second-order valence-corrected chi connectivity index (χ2v) is 4.56. The van der Waals surface area contributed by atoms with Crippen molar-refractivity contribution >= 4 is 35.6 Å². The molecule has 0 aromatic heterocycles. The average Bonchev–Trinajstić information content (AvgIpc) is 2.33. The average molecular weight is 309 g/mol. The molecule has 0 spiro atoms. The molecule has 0 radical (unpaired) electrons. The number of anilines is 1. The Morgan fingerprint density at radius 3 is 2.95 bits per heavy atom. The summed E-state index contributed by atoms with van der Waals surface area (Å²) in [6.07, 6.45) is -0.242. The normalized spacial score (nSPS) is 22.5. The fraction of sp³-hybridized carbons (Fsp3) is 0.417. The molecule has 1 amide bonds. The molecule has 1 aliphatic rings. The maximum absolute atomic E-state index is 13.5. The molecule has 1 saturated heterocycles. The van der Waals surface area contributed by atoms with Gasteiger partial charge in [-0.05, 0) is 25.1 Å². The fourth-order valence-electron chi connectivity index (χ4n) is 1.83. The Labute approximate surface area is 122 Å². The van der Waals surface area contributed by atoms with Crippen LogP contribution in [0.3, 0.4) is 0 Å². The molecule has 1 aliphatic heterocycles. The van der Waals surface area contributed by atoms with Crippen LogP contribution >= 0.6 is 24.0 Å². The number of carbonyl (C=O) groups excluding carboxylic acids is 1. The van der Waals surface area contributed by atoms with Crippen LogP contribution in [0.5, 0.6) is 0 Å². The monoisotopic (exact) mass is 308 g/mol. The third-order valence-corrected chi connectivity index (χ3v) is 3.02. The van der Waals surface area contributed by atoms with Gasteiger partial charge in [0.25, 0.3) is 0 Å². The van der Waals surface area contributed by atoms with E-state index >= 15 is 0 Å². The van der Waals surface area contributed by atoms with Crippen molar-refractivity contribution in [3.63, 3.8) is 0 Å². The first-order valence-electron chi connectivity index (χ1n) is 5.69. The first-order valence-corrected chi connectivity index (χ1v) is 6.06. The molecule has 2 rings (SSSR count). The largest absolute Gasteiger partial charge is 0.375 e. The quantitative estimate of drug-likeness (QED) is 0.881. The minimum atomic E-state index is -0.555. The van der Waals surface area contributed by atoms with Crippen molar-refractivity contribution < 1.29 is 13.9 Å². The molecule has 1 heterocycles. The SMILES string of the molecule is C[C@H]1OCCN[C@@H]1C(=O)Nc1ccc(Cl)cc1F.Cl. The van der Waals surface area contributed by atoms with Crippen LogP contribution in [0.2, 0.25) is 5.02 Å². The van der Waals surface area contributed by atoms with Gasteiger partial charge in [0, 0.05) is 11.6 Å². The summed E-state index contributed by atoms with van der Waals surface area (Å²) in [7, 11) is 0. The lowest BCUT2D eigenvalue weighted by molar-refractivity contribution is -0.123. The van der Waals surface area contributed by atoms with Crippen LogP contribution in [-0.2, 0) is 9.53 Å². The highest BCUT2D eigenvalue weighted by molar-refractivity contribution is 6.30. The summed E-state index contributed by atoms with van der Waals surface area (Å²) in [5.74, 6) is -0.872. The van der Waals surface area contributed by atoms with Crippen molar-refractivity contribution in [3.05, 3.63) is 29.0 Å². The molecule has 7 heteroatoms. The molecule has 0 aliphatic carbocycles. The number of rotatable bonds is 2. The summed E-state index contributed by atoms with van der Waals surface area (Å²) < 4.78 is 18.9. The van der Waals surface area contributed by atoms with Gasteiger partial charge in [-0.15, -0.1) is 12.4 Å². The van der Waals surface area contributed by atoms with E-state index in [-0.39, 0.29) is 35.1 Å². The van der Waals surface area contributed by atoms with Crippen molar-refractivity contribution in [2.24, 2.45) is 0 Å². The fourth-order valence-corrected chi connectivity index (χ4v) is 1.99. The molecule has 1 aromatic carbocycles. The summed E-state index contributed by atoms with van der Waals surface area (Å²) in [5.41, 5.74) is 0.115. The molecule has 0 unspecified atom stereocenters. The van der Waals surface area contributed by atoms with Crippen molar-refractivity contribution in [2.75, 3.05) is 18.5 Å². The first kappa shape index (κ1) is 16.2. The van der Waals surface area contributed by atoms with Crippen molar-refractivity contribution in [3.8, 4) is 0 Å². The van der Waals surface area contributed by atoms with E-state index in [0.29, 0.717) is 13.2 Å². The molecule has 4 nitrogen and oxygen atoms in total. The van der Waals surface area contributed by atoms with Gasteiger partial charge in [0.05, 0.1) is 18.4 Å². The molecule has 106 valence electrons. The molecular formula is C12H15Cl2FN2O2. The van der Waals surface area contributed by atoms with Crippen LogP contribution in [-0.4, -0.2) is 31.2 Å². The molecule has 2 N–H and O–H groups in total. The number of amides is 1. The minimum Gasteiger partial charge on any atom is -0.375 e. The van der Waals surface area contributed by atoms with E-state index in [1.807, 2.05) is 0 Å². The zero-order valence-electron chi connectivity index (χ0n) is 10.3. The lowest BCUT2D eigenvalue weighted by Gasteiger charge is -2.29. The highest BCUT2D eigenvalue weighted by atomic mass is 35.5. The number of morpholine rings is 1. The Balaban J connectivity index is 0.00000180. The van der Waals surface area contributed by atoms with Crippen LogP contribution in [0.25, 0.3) is 0 Å². The lowest BCUT2D eigenvalue weighted by atomic mass is 10.1. The van der Waals surface area contributed by atoms with Crippen LogP contribution in [0.1, 0.15) is 6.92 Å². The Bertz CT molecular complexity index is 459. The number of benzene rings is 1. The Kier molecular flexibility index (Phi) is 6.00. The molecular weight excluding hydrogens is 294 g/mol. The van der Waals surface area contributed by atoms with Crippen LogP contribution in [0.15, 0.2) is 18.2 Å². The van der Waals surface area contributed by atoms with E-state index in [0.717, 1.165) is 6.07 Å². The van der Waals surface area contributed by atoms with Crippen LogP contribution < -0.4 is 10.6 Å². The van der Waals surface area contributed by atoms with E-state index in [1.54, 1.807) is 6.92 Å². The summed E-state index contributed by atoms with van der Waals surface area (Å²) in [4.78, 5) is 12.0. The smallest absolute Gasteiger partial charge is 0.244 e. The van der Waals surface area contributed by atoms with Crippen molar-refractivity contribution in [2.45, 2.75) is 19.1 Å². The summed E-state index contributed by atoms with van der Waals surface area (Å²) in [6, 6.07) is 3.64. The van der Waals surface area contributed by atoms with Gasteiger partial charge in [0.15, 0.2) is 0 Å². The highest BCUT2D eigenvalue weighted by Crippen LogP contribution is 2.19. The van der Waals surface area contributed by atoms with Gasteiger partial charge < -0.3 is 15.4 Å². The lowest BCUT2D eigenvalue weighted by Crippen LogP contribution is -2.53. The Morgan fingerprint density at radius 2 is 2.32 bits per heavy atom. The summed E-state index contributed by atoms with van der Waals surface area (Å²) in [5, 5.41) is 5.85. The van der Waals surface area contributed by atoms with Gasteiger partial charge in [-0.1, -0.05) is 11.6 Å². The van der Waals surface area contributed by atoms with Crippen LogP contribution in [0.4, 0.5) is 10.1 Å². The number of halogens is 3. The zero-order valence-corrected chi connectivity index (χ0v) is 11.9. The van der Waals surface area contributed by atoms with E-state index in [4.69, 9.17) is 16.3 Å². The van der Waals surface area contributed by atoms with Gasteiger partial charge in [-0.2, -0.15) is 0 Å². The molecule has 19 heavy (non-hydrogen) atoms. The van der Waals surface area contributed by atoms with Gasteiger partial charge >= 0.3 is 0 Å². The second-order valence-electron chi connectivity index (χ2n) is 4.12. The van der Waals surface area contributed by atoms with Gasteiger partial charge in [-0.25, -0.2) is 4.39 Å². The van der Waals surface area contributed by atoms with E-state index in [9.17, 15) is 9.18 Å². The second kappa shape index (κ2) is 7.05. The number of hydrogen-bond donors (Lipinski definition) is 2. The molecule has 2 atom stereocenters. The predicted molar refractivity (Wildman–Crippen MR) is 74.5 cm³/mol. The predicted octanol–water partition coefficient (Wildman–Crippen LogP) is 2.22. The number of hydrogen-bond acceptors (Lipinski definition) is 3. The van der Waals surface area contributed by atoms with E-state index < -0.39 is 11.9 Å². The third-order valence-electron chi connectivity index (χ3n) is 2.79. The maximum atomic E-state index is 13.5. The van der Waals surface area contributed by atoms with Crippen LogP contribution in [0, 0.1) is 5.82 Å². The van der Waals surface area contributed by atoms with Gasteiger partial charge in [0.1, 0.15) is 11.9 Å². The van der Waals surface area contributed by atoms with Gasteiger partial charge in [-0.3, -0.25) is 4.79 Å². The molecule has 0 saturated carbocycles. The van der Waals surface area contributed by atoms with Gasteiger partial charge in [0.2, 0.25) is 5.91 Å². The van der Waals surface area contributed by atoms with Crippen molar-refractivity contribution in [1.29, 1.82) is 0 Å². The minimum absolute atomic E-state index is 0. The van der Waals surface area contributed by atoms with E-state index in [2.05, 4.69) is 10.6 Å². The Morgan fingerprint density at radius 1 is 1.58 bits per heavy atom. The maximum Gasteiger partial charge on any atom is 0.244 e. The topological polar surface area (TPSA) is 50.4 Å². The van der Waals surface area contributed by atoms with E-state index in [1.165, 1.54) is 12.1 Å². The third kappa shape index (κ3) is 4.04. The first-order chi connectivity index (χ1) is 8.58. The number of nitrogens with one attached hydrogen (secondary N) is 2. The standard InChI is InChI=1S/C12H14ClFN2O2.ClH/c1-7-11(15-4-5-18-7)12(17)16-10-3-2-8(13)6-9(10)14;/h2-3,6-7,11,15H,4-5H2,1H3,(H,16,17);1H/t7-,11+;/m1./s1. The number of carbonyl (C=O) groups is 1. The zero-order chi connectivity index (χ0) is 13.1. The molecule has 1 aromatic rings.